The number of aromatic nitrogens is 2. The van der Waals surface area contributed by atoms with Gasteiger partial charge >= 0.3 is 5.97 Å². The van der Waals surface area contributed by atoms with Crippen molar-refractivity contribution in [1.29, 1.82) is 0 Å². The Balaban J connectivity index is 1.80. The molecule has 1 heterocycles. The van der Waals surface area contributed by atoms with Crippen molar-refractivity contribution >= 4 is 22.6 Å². The number of rotatable bonds is 5. The first-order chi connectivity index (χ1) is 10.2. The first kappa shape index (κ1) is 12.6. The van der Waals surface area contributed by atoms with Crippen LogP contribution in [0, 0.1) is 11.8 Å². The van der Waals surface area contributed by atoms with Crippen molar-refractivity contribution in [3.8, 4) is 0 Å². The third-order valence-electron chi connectivity index (χ3n) is 4.44. The van der Waals surface area contributed by atoms with Gasteiger partial charge in [0.1, 0.15) is 0 Å². The highest BCUT2D eigenvalue weighted by molar-refractivity contribution is 6.02. The maximum Gasteiger partial charge on any atom is 0.358 e. The fourth-order valence-corrected chi connectivity index (χ4v) is 3.05. The molecular weight excluding hydrogens is 266 g/mol. The van der Waals surface area contributed by atoms with Crippen LogP contribution in [0.25, 0.3) is 10.9 Å². The summed E-state index contributed by atoms with van der Waals surface area (Å²) in [4.78, 5) is 11.5. The molecule has 1 aromatic carbocycles. The smallest absolute Gasteiger partial charge is 0.358 e. The zero-order valence-electron chi connectivity index (χ0n) is 11.6. The van der Waals surface area contributed by atoms with Crippen LogP contribution in [0.4, 0.5) is 5.69 Å². The summed E-state index contributed by atoms with van der Waals surface area (Å²) < 4.78 is 0. The van der Waals surface area contributed by atoms with Crippen molar-refractivity contribution in [3.63, 3.8) is 0 Å². The predicted molar refractivity (Wildman–Crippen MR) is 79.4 cm³/mol. The normalized spacial score (nSPS) is 18.1. The van der Waals surface area contributed by atoms with Crippen LogP contribution in [0.3, 0.4) is 0 Å². The summed E-state index contributed by atoms with van der Waals surface area (Å²) in [7, 11) is 0. The SMILES string of the molecule is O=C(O)c1nnc2ccccc2c1NC(C1CC1)C1CC1. The largest absolute Gasteiger partial charge is 0.476 e. The van der Waals surface area contributed by atoms with Gasteiger partial charge in [0.2, 0.25) is 0 Å². The Kier molecular flexibility index (Phi) is 2.80. The molecule has 2 aromatic rings. The molecule has 21 heavy (non-hydrogen) atoms. The lowest BCUT2D eigenvalue weighted by Gasteiger charge is -2.21. The van der Waals surface area contributed by atoms with Gasteiger partial charge in [0.05, 0.1) is 11.2 Å². The number of anilines is 1. The van der Waals surface area contributed by atoms with E-state index in [1.54, 1.807) is 0 Å². The van der Waals surface area contributed by atoms with E-state index in [0.29, 0.717) is 23.6 Å². The topological polar surface area (TPSA) is 75.1 Å². The Morgan fingerprint density at radius 3 is 2.43 bits per heavy atom. The van der Waals surface area contributed by atoms with Crippen molar-refractivity contribution in [2.45, 2.75) is 31.7 Å². The molecule has 108 valence electrons. The van der Waals surface area contributed by atoms with Crippen LogP contribution in [-0.4, -0.2) is 27.3 Å². The van der Waals surface area contributed by atoms with Gasteiger partial charge in [-0.2, -0.15) is 0 Å². The molecule has 0 radical (unpaired) electrons. The third-order valence-corrected chi connectivity index (χ3v) is 4.44. The summed E-state index contributed by atoms with van der Waals surface area (Å²) in [6, 6.07) is 7.96. The van der Waals surface area contributed by atoms with E-state index in [4.69, 9.17) is 0 Å². The van der Waals surface area contributed by atoms with E-state index in [2.05, 4.69) is 15.5 Å². The van der Waals surface area contributed by atoms with E-state index in [0.717, 1.165) is 10.9 Å². The van der Waals surface area contributed by atoms with Crippen molar-refractivity contribution in [2.75, 3.05) is 5.32 Å². The number of carboxylic acids is 1. The molecule has 4 rings (SSSR count). The third kappa shape index (κ3) is 2.33. The maximum atomic E-state index is 11.5. The van der Waals surface area contributed by atoms with E-state index >= 15 is 0 Å². The minimum absolute atomic E-state index is 0.0278. The number of nitrogens with one attached hydrogen (secondary N) is 1. The highest BCUT2D eigenvalue weighted by atomic mass is 16.4. The van der Waals surface area contributed by atoms with E-state index < -0.39 is 5.97 Å². The van der Waals surface area contributed by atoms with Gasteiger partial charge in [-0.15, -0.1) is 10.2 Å². The minimum atomic E-state index is -1.03. The molecule has 5 heteroatoms. The van der Waals surface area contributed by atoms with Crippen LogP contribution < -0.4 is 5.32 Å². The predicted octanol–water partition coefficient (Wildman–Crippen LogP) is 2.93. The van der Waals surface area contributed by atoms with Crippen molar-refractivity contribution in [3.05, 3.63) is 30.0 Å². The lowest BCUT2D eigenvalue weighted by atomic mass is 10.1. The number of benzene rings is 1. The summed E-state index contributed by atoms with van der Waals surface area (Å²) in [6.45, 7) is 0. The molecule has 0 atom stereocenters. The molecule has 5 nitrogen and oxygen atoms in total. The molecule has 2 fully saturated rings. The van der Waals surface area contributed by atoms with Gasteiger partial charge in [-0.25, -0.2) is 4.79 Å². The van der Waals surface area contributed by atoms with Gasteiger partial charge in [-0.05, 0) is 43.6 Å². The average molecular weight is 283 g/mol. The molecule has 1 aromatic heterocycles. The Morgan fingerprint density at radius 1 is 1.14 bits per heavy atom. The van der Waals surface area contributed by atoms with E-state index in [1.807, 2.05) is 24.3 Å². The van der Waals surface area contributed by atoms with Crippen molar-refractivity contribution in [2.24, 2.45) is 11.8 Å². The molecular formula is C16H17N3O2. The Morgan fingerprint density at radius 2 is 1.81 bits per heavy atom. The van der Waals surface area contributed by atoms with Crippen molar-refractivity contribution in [1.82, 2.24) is 10.2 Å². The highest BCUT2D eigenvalue weighted by Gasteiger charge is 2.42. The fraction of sp³-hybridized carbons (Fsp3) is 0.438. The van der Waals surface area contributed by atoms with Gasteiger partial charge in [0.15, 0.2) is 5.69 Å². The van der Waals surface area contributed by atoms with Crippen LogP contribution >= 0.6 is 0 Å². The van der Waals surface area contributed by atoms with Gasteiger partial charge in [0, 0.05) is 11.4 Å². The molecule has 2 saturated carbocycles. The van der Waals surface area contributed by atoms with Gasteiger partial charge in [-0.1, -0.05) is 18.2 Å². The number of hydrogen-bond donors (Lipinski definition) is 2. The summed E-state index contributed by atoms with van der Waals surface area (Å²) >= 11 is 0. The number of fused-ring (bicyclic) bond motifs is 1. The molecule has 0 unspecified atom stereocenters. The second kappa shape index (κ2) is 4.69. The van der Waals surface area contributed by atoms with Crippen LogP contribution in [0.5, 0.6) is 0 Å². The quantitative estimate of drug-likeness (QED) is 0.882. The van der Waals surface area contributed by atoms with Crippen molar-refractivity contribution < 1.29 is 9.90 Å². The summed E-state index contributed by atoms with van der Waals surface area (Å²) in [5.74, 6) is 0.346. The van der Waals surface area contributed by atoms with E-state index in [9.17, 15) is 9.90 Å². The Hall–Kier alpha value is -2.17. The molecule has 0 spiro atoms. The molecule has 2 aliphatic carbocycles. The van der Waals surface area contributed by atoms with Gasteiger partial charge in [-0.3, -0.25) is 0 Å². The molecule has 2 N–H and O–H groups in total. The zero-order chi connectivity index (χ0) is 14.4. The molecule has 2 aliphatic rings. The summed E-state index contributed by atoms with van der Waals surface area (Å²) in [5.41, 5.74) is 1.40. The number of carbonyl (C=O) groups is 1. The first-order valence-electron chi connectivity index (χ1n) is 7.49. The summed E-state index contributed by atoms with van der Waals surface area (Å²) in [5, 5.41) is 21.7. The second-order valence-corrected chi connectivity index (χ2v) is 6.09. The summed E-state index contributed by atoms with van der Waals surface area (Å²) in [6.07, 6.45) is 4.97. The number of nitrogens with zero attached hydrogens (tertiary/aromatic N) is 2. The minimum Gasteiger partial charge on any atom is -0.476 e. The molecule has 0 bridgehead atoms. The molecule has 0 aliphatic heterocycles. The van der Waals surface area contributed by atoms with Crippen LogP contribution in [0.15, 0.2) is 24.3 Å². The highest BCUT2D eigenvalue weighted by Crippen LogP contribution is 2.46. The first-order valence-corrected chi connectivity index (χ1v) is 7.49. The maximum absolute atomic E-state index is 11.5. The lowest BCUT2D eigenvalue weighted by molar-refractivity contribution is 0.0690. The standard InChI is InChI=1S/C16H17N3O2/c20-16(21)15-14(11-3-1-2-4-12(11)18-19-15)17-13(9-5-6-9)10-7-8-10/h1-4,9-10,13H,5-8H2,(H,17,18)(H,20,21). The average Bonchev–Trinajstić information content (AvgIpc) is 3.38. The molecule has 0 saturated heterocycles. The van der Waals surface area contributed by atoms with Crippen LogP contribution in [0.2, 0.25) is 0 Å². The van der Waals surface area contributed by atoms with E-state index in [-0.39, 0.29) is 5.69 Å². The Bertz CT molecular complexity index is 696. The van der Waals surface area contributed by atoms with Crippen LogP contribution in [0.1, 0.15) is 36.2 Å². The number of aromatic carboxylic acids is 1. The monoisotopic (exact) mass is 283 g/mol. The van der Waals surface area contributed by atoms with Gasteiger partial charge in [0.25, 0.3) is 0 Å². The molecule has 0 amide bonds. The Labute approximate surface area is 122 Å². The fourth-order valence-electron chi connectivity index (χ4n) is 3.05. The van der Waals surface area contributed by atoms with Crippen LogP contribution in [-0.2, 0) is 0 Å². The number of carboxylic acid groups (broad SMARTS) is 1. The second-order valence-electron chi connectivity index (χ2n) is 6.09. The van der Waals surface area contributed by atoms with E-state index in [1.165, 1.54) is 25.7 Å². The zero-order valence-corrected chi connectivity index (χ0v) is 11.6. The lowest BCUT2D eigenvalue weighted by Crippen LogP contribution is -2.26. The van der Waals surface area contributed by atoms with Gasteiger partial charge < -0.3 is 10.4 Å². The number of hydrogen-bond acceptors (Lipinski definition) is 4.